The van der Waals surface area contributed by atoms with E-state index < -0.39 is 125 Å². The fraction of sp³-hybridized carbons (Fsp3) is 0.643. The fourth-order valence-electron chi connectivity index (χ4n) is 5.07. The van der Waals surface area contributed by atoms with Gasteiger partial charge in [0.1, 0.15) is 53.2 Å². The minimum Gasteiger partial charge on any atom is -0.460 e. The summed E-state index contributed by atoms with van der Waals surface area (Å²) in [5, 5.41) is 14.8. The molecule has 61 heavy (non-hydrogen) atoms. The topological polar surface area (TPSA) is 263 Å². The number of hydrogen-bond donors (Lipinski definition) is 6. The maximum atomic E-state index is 13.6. The highest BCUT2D eigenvalue weighted by atomic mass is 16.6. The highest BCUT2D eigenvalue weighted by Gasteiger charge is 2.35. The van der Waals surface area contributed by atoms with Crippen molar-refractivity contribution in [3.05, 3.63) is 30.3 Å². The molecule has 6 N–H and O–H groups in total. The van der Waals surface area contributed by atoms with Crippen LogP contribution in [-0.2, 0) is 57.4 Å². The maximum absolute atomic E-state index is 13.6. The summed E-state index contributed by atoms with van der Waals surface area (Å²) in [6.07, 6.45) is -1.22. The molecule has 0 saturated carbocycles. The highest BCUT2D eigenvalue weighted by molar-refractivity contribution is 5.98. The Morgan fingerprint density at radius 2 is 0.967 bits per heavy atom. The van der Waals surface area contributed by atoms with Gasteiger partial charge in [-0.3, -0.25) is 38.4 Å². The number of ether oxygens (including phenoxy) is 4. The third kappa shape index (κ3) is 22.0. The minimum atomic E-state index is -1.57. The van der Waals surface area contributed by atoms with E-state index in [2.05, 4.69) is 31.9 Å². The van der Waals surface area contributed by atoms with E-state index in [1.807, 2.05) is 0 Å². The fourth-order valence-corrected chi connectivity index (χ4v) is 5.07. The SMILES string of the molecule is CC(=O)N[C@@H](COC(C)(C)C)C(=O)N[C@@H](CC(=O)OC(C)(C)C)C(=O)N[C@@H](C)C(=O)N[C@@H](C)C(=O)N[C@H](C(=O)N[C@@H](CC(=O)OC(C)(C)C)C(=O)Oc1ccccc1)C(C)C. The van der Waals surface area contributed by atoms with E-state index in [0.717, 1.165) is 0 Å². The Bertz CT molecular complexity index is 1710. The zero-order chi connectivity index (χ0) is 47.0. The maximum Gasteiger partial charge on any atom is 0.334 e. The quantitative estimate of drug-likeness (QED) is 0.0803. The smallest absolute Gasteiger partial charge is 0.334 e. The molecule has 1 aromatic rings. The number of rotatable bonds is 20. The molecule has 0 bridgehead atoms. The van der Waals surface area contributed by atoms with Gasteiger partial charge in [-0.15, -0.1) is 0 Å². The third-order valence-electron chi connectivity index (χ3n) is 7.91. The van der Waals surface area contributed by atoms with Crippen LogP contribution >= 0.6 is 0 Å². The third-order valence-corrected chi connectivity index (χ3v) is 7.91. The van der Waals surface area contributed by atoms with Crippen LogP contribution in [0.1, 0.15) is 110 Å². The van der Waals surface area contributed by atoms with Crippen LogP contribution in [0.25, 0.3) is 0 Å². The Kier molecular flexibility index (Phi) is 20.5. The van der Waals surface area contributed by atoms with E-state index in [9.17, 15) is 43.2 Å². The summed E-state index contributed by atoms with van der Waals surface area (Å²) in [6, 6.07) is -0.196. The highest BCUT2D eigenvalue weighted by Crippen LogP contribution is 2.15. The van der Waals surface area contributed by atoms with Gasteiger partial charge in [-0.05, 0) is 94.2 Å². The van der Waals surface area contributed by atoms with Crippen LogP contribution in [0.3, 0.4) is 0 Å². The average molecular weight is 863 g/mol. The van der Waals surface area contributed by atoms with Gasteiger partial charge in [0.15, 0.2) is 0 Å². The van der Waals surface area contributed by atoms with E-state index in [1.165, 1.54) is 32.9 Å². The largest absolute Gasteiger partial charge is 0.460 e. The predicted molar refractivity (Wildman–Crippen MR) is 222 cm³/mol. The van der Waals surface area contributed by atoms with Gasteiger partial charge < -0.3 is 50.8 Å². The molecule has 0 radical (unpaired) electrons. The van der Waals surface area contributed by atoms with Crippen molar-refractivity contribution in [2.75, 3.05) is 6.61 Å². The number of nitrogens with one attached hydrogen (secondary N) is 6. The van der Waals surface area contributed by atoms with Crippen molar-refractivity contribution >= 4 is 53.4 Å². The van der Waals surface area contributed by atoms with Crippen LogP contribution in [-0.4, -0.2) is 113 Å². The standard InChI is InChI=1S/C42H66N6O13/c1-23(2)33(38(56)47-29(21-32(51)61-42(12,13)14)39(57)59-27-18-16-15-17-19-27)48-35(53)25(4)43-34(52)24(3)44-36(54)28(20-31(50)60-41(9,10)11)46-37(55)30(45-26(5)49)22-58-40(6,7)8/h15-19,23-25,28-30,33H,20-22H2,1-14H3,(H,43,52)(H,44,54)(H,45,49)(H,46,55)(H,47,56)(H,48,53)/t24-,25-,28-,29-,30-,33-/m0/s1. The molecule has 342 valence electrons. The molecule has 0 aliphatic heterocycles. The lowest BCUT2D eigenvalue weighted by Crippen LogP contribution is -2.59. The molecular formula is C42H66N6O13. The number of para-hydroxylation sites is 1. The van der Waals surface area contributed by atoms with Crippen molar-refractivity contribution in [2.24, 2.45) is 5.92 Å². The first kappa shape index (κ1) is 53.4. The van der Waals surface area contributed by atoms with Gasteiger partial charge in [0, 0.05) is 6.92 Å². The first-order valence-electron chi connectivity index (χ1n) is 20.0. The van der Waals surface area contributed by atoms with Crippen molar-refractivity contribution in [1.82, 2.24) is 31.9 Å². The summed E-state index contributed by atoms with van der Waals surface area (Å²) in [4.78, 5) is 118. The van der Waals surface area contributed by atoms with E-state index in [1.54, 1.807) is 94.4 Å². The minimum absolute atomic E-state index is 0.167. The summed E-state index contributed by atoms with van der Waals surface area (Å²) >= 11 is 0. The number of esters is 3. The predicted octanol–water partition coefficient (Wildman–Crippen LogP) is 1.50. The number of benzene rings is 1. The van der Waals surface area contributed by atoms with E-state index in [4.69, 9.17) is 18.9 Å². The molecule has 1 aromatic carbocycles. The molecule has 0 aliphatic rings. The second kappa shape index (κ2) is 23.4. The zero-order valence-electron chi connectivity index (χ0n) is 37.9. The molecule has 0 fully saturated rings. The van der Waals surface area contributed by atoms with E-state index in [0.29, 0.717) is 0 Å². The molecule has 0 aliphatic carbocycles. The Balaban J connectivity index is 3.14. The molecule has 19 heteroatoms. The zero-order valence-corrected chi connectivity index (χ0v) is 37.9. The summed E-state index contributed by atoms with van der Waals surface area (Å²) in [5.74, 6) is -7.82. The first-order chi connectivity index (χ1) is 27.9. The molecule has 6 amide bonds. The van der Waals surface area contributed by atoms with Crippen LogP contribution in [0.5, 0.6) is 5.75 Å². The second-order valence-corrected chi connectivity index (χ2v) is 17.8. The Morgan fingerprint density at radius 3 is 1.43 bits per heavy atom. The van der Waals surface area contributed by atoms with Crippen LogP contribution < -0.4 is 36.6 Å². The molecule has 0 unspecified atom stereocenters. The molecule has 0 spiro atoms. The summed E-state index contributed by atoms with van der Waals surface area (Å²) in [5.41, 5.74) is -2.51. The molecular weight excluding hydrogens is 796 g/mol. The lowest BCUT2D eigenvalue weighted by atomic mass is 10.0. The van der Waals surface area contributed by atoms with Crippen molar-refractivity contribution < 1.29 is 62.1 Å². The average Bonchev–Trinajstić information content (AvgIpc) is 3.09. The van der Waals surface area contributed by atoms with Gasteiger partial charge in [0.25, 0.3) is 0 Å². The number of hydrogen-bond acceptors (Lipinski definition) is 13. The van der Waals surface area contributed by atoms with E-state index >= 15 is 0 Å². The lowest BCUT2D eigenvalue weighted by Gasteiger charge is -2.28. The van der Waals surface area contributed by atoms with Crippen LogP contribution in [0.15, 0.2) is 30.3 Å². The van der Waals surface area contributed by atoms with Gasteiger partial charge in [-0.1, -0.05) is 32.0 Å². The number of carbonyl (C=O) groups is 9. The molecule has 0 aromatic heterocycles. The van der Waals surface area contributed by atoms with Crippen LogP contribution in [0.4, 0.5) is 0 Å². The molecule has 0 heterocycles. The first-order valence-corrected chi connectivity index (χ1v) is 20.0. The van der Waals surface area contributed by atoms with Gasteiger partial charge in [-0.2, -0.15) is 0 Å². The van der Waals surface area contributed by atoms with Gasteiger partial charge >= 0.3 is 17.9 Å². The van der Waals surface area contributed by atoms with Crippen molar-refractivity contribution in [2.45, 2.75) is 163 Å². The lowest BCUT2D eigenvalue weighted by molar-refractivity contribution is -0.158. The Labute approximate surface area is 358 Å². The van der Waals surface area contributed by atoms with Crippen molar-refractivity contribution in [3.63, 3.8) is 0 Å². The van der Waals surface area contributed by atoms with Gasteiger partial charge in [0.05, 0.1) is 25.0 Å². The molecule has 1 rings (SSSR count). The van der Waals surface area contributed by atoms with Crippen molar-refractivity contribution in [1.29, 1.82) is 0 Å². The summed E-state index contributed by atoms with van der Waals surface area (Å²) in [6.45, 7) is 21.8. The van der Waals surface area contributed by atoms with Crippen LogP contribution in [0, 0.1) is 5.92 Å². The number of carbonyl (C=O) groups excluding carboxylic acids is 9. The molecule has 0 saturated heterocycles. The summed E-state index contributed by atoms with van der Waals surface area (Å²) < 4.78 is 21.7. The van der Waals surface area contributed by atoms with Gasteiger partial charge in [0.2, 0.25) is 35.4 Å². The van der Waals surface area contributed by atoms with E-state index in [-0.39, 0.29) is 12.4 Å². The molecule has 19 nitrogen and oxygen atoms in total. The number of amides is 6. The van der Waals surface area contributed by atoms with Crippen LogP contribution in [0.2, 0.25) is 0 Å². The Morgan fingerprint density at radius 1 is 0.525 bits per heavy atom. The summed E-state index contributed by atoms with van der Waals surface area (Å²) in [7, 11) is 0. The van der Waals surface area contributed by atoms with Gasteiger partial charge in [-0.25, -0.2) is 4.79 Å². The normalized spacial score (nSPS) is 14.7. The van der Waals surface area contributed by atoms with Crippen molar-refractivity contribution in [3.8, 4) is 5.75 Å². The monoisotopic (exact) mass is 862 g/mol. The second-order valence-electron chi connectivity index (χ2n) is 17.8. The Hall–Kier alpha value is -5.59. The molecule has 6 atom stereocenters.